The molecule has 0 bridgehead atoms. The van der Waals surface area contributed by atoms with Gasteiger partial charge in [0.2, 0.25) is 5.91 Å². The van der Waals surface area contributed by atoms with Gasteiger partial charge in [-0.3, -0.25) is 9.59 Å². The largest absolute Gasteiger partial charge is 0.497 e. The SMILES string of the molecule is COc1ccc2c(c1)CCCN2C(=O)CCNC(=O)c1ccccc1C. The number of methoxy groups -OCH3 is 1. The van der Waals surface area contributed by atoms with Gasteiger partial charge in [-0.1, -0.05) is 18.2 Å². The maximum absolute atomic E-state index is 12.6. The molecule has 1 aliphatic rings. The Kier molecular flexibility index (Phi) is 5.56. The number of hydrogen-bond acceptors (Lipinski definition) is 3. The smallest absolute Gasteiger partial charge is 0.251 e. The van der Waals surface area contributed by atoms with Crippen LogP contribution < -0.4 is 15.0 Å². The highest BCUT2D eigenvalue weighted by Crippen LogP contribution is 2.30. The van der Waals surface area contributed by atoms with Gasteiger partial charge in [0.15, 0.2) is 0 Å². The van der Waals surface area contributed by atoms with Crippen LogP contribution in [0.4, 0.5) is 5.69 Å². The van der Waals surface area contributed by atoms with E-state index in [1.54, 1.807) is 13.2 Å². The number of amides is 2. The second-order valence-electron chi connectivity index (χ2n) is 6.46. The van der Waals surface area contributed by atoms with Crippen molar-refractivity contribution in [2.75, 3.05) is 25.1 Å². The molecule has 0 unspecified atom stereocenters. The van der Waals surface area contributed by atoms with E-state index in [-0.39, 0.29) is 18.2 Å². The van der Waals surface area contributed by atoms with Crippen LogP contribution in [-0.4, -0.2) is 32.0 Å². The summed E-state index contributed by atoms with van der Waals surface area (Å²) in [4.78, 5) is 26.7. The number of carbonyl (C=O) groups excluding carboxylic acids is 2. The second kappa shape index (κ2) is 8.04. The van der Waals surface area contributed by atoms with E-state index >= 15 is 0 Å². The standard InChI is InChI=1S/C21H24N2O3/c1-15-6-3-4-8-18(15)21(25)22-12-11-20(24)23-13-5-7-16-14-17(26-2)9-10-19(16)23/h3-4,6,8-10,14H,5,7,11-13H2,1-2H3,(H,22,25). The third kappa shape index (κ3) is 3.87. The summed E-state index contributed by atoms with van der Waals surface area (Å²) in [5, 5.41) is 2.85. The molecule has 0 aliphatic carbocycles. The summed E-state index contributed by atoms with van der Waals surface area (Å²) in [7, 11) is 1.64. The highest BCUT2D eigenvalue weighted by Gasteiger charge is 2.22. The van der Waals surface area contributed by atoms with Crippen LogP contribution in [0.25, 0.3) is 0 Å². The first kappa shape index (κ1) is 18.0. The lowest BCUT2D eigenvalue weighted by Crippen LogP contribution is -2.37. The van der Waals surface area contributed by atoms with Crippen LogP contribution in [-0.2, 0) is 11.2 Å². The molecule has 0 fully saturated rings. The van der Waals surface area contributed by atoms with Crippen molar-refractivity contribution >= 4 is 17.5 Å². The monoisotopic (exact) mass is 352 g/mol. The van der Waals surface area contributed by atoms with Crippen molar-refractivity contribution in [2.45, 2.75) is 26.2 Å². The number of fused-ring (bicyclic) bond motifs is 1. The van der Waals surface area contributed by atoms with Gasteiger partial charge in [-0.15, -0.1) is 0 Å². The van der Waals surface area contributed by atoms with Crippen LogP contribution in [0.5, 0.6) is 5.75 Å². The Hall–Kier alpha value is -2.82. The Morgan fingerprint density at radius 1 is 1.19 bits per heavy atom. The minimum atomic E-state index is -0.139. The number of nitrogens with zero attached hydrogens (tertiary/aromatic N) is 1. The Balaban J connectivity index is 1.60. The molecule has 0 aromatic heterocycles. The summed E-state index contributed by atoms with van der Waals surface area (Å²) in [6, 6.07) is 13.3. The van der Waals surface area contributed by atoms with Gasteiger partial charge in [-0.25, -0.2) is 0 Å². The molecule has 0 atom stereocenters. The van der Waals surface area contributed by atoms with Crippen molar-refractivity contribution in [1.82, 2.24) is 5.32 Å². The fourth-order valence-corrected chi connectivity index (χ4v) is 3.30. The predicted molar refractivity (Wildman–Crippen MR) is 102 cm³/mol. The summed E-state index contributed by atoms with van der Waals surface area (Å²) in [6.45, 7) is 2.94. The van der Waals surface area contributed by atoms with Gasteiger partial charge in [0.05, 0.1) is 7.11 Å². The minimum Gasteiger partial charge on any atom is -0.497 e. The van der Waals surface area contributed by atoms with Gasteiger partial charge < -0.3 is 15.0 Å². The average molecular weight is 352 g/mol. The van der Waals surface area contributed by atoms with E-state index in [9.17, 15) is 9.59 Å². The molecule has 136 valence electrons. The van der Waals surface area contributed by atoms with Gasteiger partial charge >= 0.3 is 0 Å². The first-order valence-electron chi connectivity index (χ1n) is 8.91. The van der Waals surface area contributed by atoms with E-state index < -0.39 is 0 Å². The van der Waals surface area contributed by atoms with Crippen LogP contribution in [0.1, 0.15) is 34.3 Å². The zero-order valence-corrected chi connectivity index (χ0v) is 15.2. The third-order valence-corrected chi connectivity index (χ3v) is 4.72. The molecule has 0 radical (unpaired) electrons. The van der Waals surface area contributed by atoms with E-state index in [4.69, 9.17) is 4.74 Å². The van der Waals surface area contributed by atoms with Gasteiger partial charge in [0.25, 0.3) is 5.91 Å². The number of nitrogens with one attached hydrogen (secondary N) is 1. The molecule has 2 aromatic carbocycles. The number of hydrogen-bond donors (Lipinski definition) is 1. The zero-order chi connectivity index (χ0) is 18.5. The van der Waals surface area contributed by atoms with E-state index in [0.29, 0.717) is 18.7 Å². The molecule has 3 rings (SSSR count). The van der Waals surface area contributed by atoms with Crippen molar-refractivity contribution in [3.63, 3.8) is 0 Å². The molecule has 5 heteroatoms. The highest BCUT2D eigenvalue weighted by atomic mass is 16.5. The molecule has 1 N–H and O–H groups in total. The normalized spacial score (nSPS) is 13.1. The van der Waals surface area contributed by atoms with E-state index in [1.807, 2.05) is 48.2 Å². The van der Waals surface area contributed by atoms with E-state index in [0.717, 1.165) is 35.4 Å². The van der Waals surface area contributed by atoms with Gasteiger partial charge in [0.1, 0.15) is 5.75 Å². The molecule has 1 heterocycles. The number of rotatable bonds is 5. The Morgan fingerprint density at radius 3 is 2.77 bits per heavy atom. The number of benzene rings is 2. The highest BCUT2D eigenvalue weighted by molar-refractivity contribution is 5.97. The second-order valence-corrected chi connectivity index (χ2v) is 6.46. The Morgan fingerprint density at radius 2 is 2.00 bits per heavy atom. The van der Waals surface area contributed by atoms with Crippen molar-refractivity contribution < 1.29 is 14.3 Å². The van der Waals surface area contributed by atoms with Crippen LogP contribution in [0.2, 0.25) is 0 Å². The van der Waals surface area contributed by atoms with Gasteiger partial charge in [-0.05, 0) is 55.2 Å². The van der Waals surface area contributed by atoms with E-state index in [1.165, 1.54) is 0 Å². The molecule has 2 aromatic rings. The maximum Gasteiger partial charge on any atom is 0.251 e. The quantitative estimate of drug-likeness (QED) is 0.899. The average Bonchev–Trinajstić information content (AvgIpc) is 2.67. The van der Waals surface area contributed by atoms with Crippen LogP contribution in [0, 0.1) is 6.92 Å². The molecular weight excluding hydrogens is 328 g/mol. The molecule has 5 nitrogen and oxygen atoms in total. The lowest BCUT2D eigenvalue weighted by Gasteiger charge is -2.30. The number of anilines is 1. The van der Waals surface area contributed by atoms with Crippen LogP contribution in [0.15, 0.2) is 42.5 Å². The first-order chi connectivity index (χ1) is 12.6. The molecule has 0 saturated carbocycles. The maximum atomic E-state index is 12.6. The summed E-state index contributed by atoms with van der Waals surface area (Å²) >= 11 is 0. The molecule has 1 aliphatic heterocycles. The van der Waals surface area contributed by atoms with Gasteiger partial charge in [0, 0.05) is 30.8 Å². The molecular formula is C21H24N2O3. The lowest BCUT2D eigenvalue weighted by atomic mass is 10.0. The van der Waals surface area contributed by atoms with Crippen molar-refractivity contribution in [3.05, 3.63) is 59.2 Å². The summed E-state index contributed by atoms with van der Waals surface area (Å²) < 4.78 is 5.27. The Bertz CT molecular complexity index is 817. The van der Waals surface area contributed by atoms with Crippen LogP contribution >= 0.6 is 0 Å². The molecule has 0 saturated heterocycles. The lowest BCUT2D eigenvalue weighted by molar-refractivity contribution is -0.118. The summed E-state index contributed by atoms with van der Waals surface area (Å²) in [5.74, 6) is 0.699. The fraction of sp³-hybridized carbons (Fsp3) is 0.333. The predicted octanol–water partition coefficient (Wildman–Crippen LogP) is 3.10. The van der Waals surface area contributed by atoms with Gasteiger partial charge in [-0.2, -0.15) is 0 Å². The number of aryl methyl sites for hydroxylation is 2. The Labute approximate surface area is 154 Å². The van der Waals surface area contributed by atoms with E-state index in [2.05, 4.69) is 5.32 Å². The third-order valence-electron chi connectivity index (χ3n) is 4.72. The number of carbonyl (C=O) groups is 2. The van der Waals surface area contributed by atoms with Crippen molar-refractivity contribution in [3.8, 4) is 5.75 Å². The topological polar surface area (TPSA) is 58.6 Å². The molecule has 2 amide bonds. The fourth-order valence-electron chi connectivity index (χ4n) is 3.30. The summed E-state index contributed by atoms with van der Waals surface area (Å²) in [6.07, 6.45) is 2.16. The first-order valence-corrected chi connectivity index (χ1v) is 8.91. The molecule has 26 heavy (non-hydrogen) atoms. The minimum absolute atomic E-state index is 0.0289. The van der Waals surface area contributed by atoms with Crippen molar-refractivity contribution in [1.29, 1.82) is 0 Å². The van der Waals surface area contributed by atoms with Crippen molar-refractivity contribution in [2.24, 2.45) is 0 Å². The zero-order valence-electron chi connectivity index (χ0n) is 15.2. The number of ether oxygens (including phenoxy) is 1. The molecule has 0 spiro atoms. The van der Waals surface area contributed by atoms with Crippen LogP contribution in [0.3, 0.4) is 0 Å². The summed E-state index contributed by atoms with van der Waals surface area (Å²) in [5.41, 5.74) is 3.66.